The van der Waals surface area contributed by atoms with Gasteiger partial charge in [-0.2, -0.15) is 14.0 Å². The number of carbonyl (C=O) groups is 1. The summed E-state index contributed by atoms with van der Waals surface area (Å²) in [6.07, 6.45) is 1.37. The average molecular weight is 182 g/mol. The first-order chi connectivity index (χ1) is 5.74. The van der Waals surface area contributed by atoms with Gasteiger partial charge in [0.1, 0.15) is 6.04 Å². The zero-order valence-electron chi connectivity index (χ0n) is 6.31. The highest BCUT2D eigenvalue weighted by atomic mass is 32.1. The highest BCUT2D eigenvalue weighted by Gasteiger charge is 2.10. The first kappa shape index (κ1) is 8.62. The van der Waals surface area contributed by atoms with Gasteiger partial charge in [0.25, 0.3) is 5.91 Å². The number of nitrogens with zero attached hydrogens (tertiary/aromatic N) is 3. The summed E-state index contributed by atoms with van der Waals surface area (Å²) in [6, 6.07) is 1.38. The minimum absolute atomic E-state index is 0.252. The van der Waals surface area contributed by atoms with E-state index in [1.54, 1.807) is 6.92 Å². The molecule has 0 unspecified atom stereocenters. The van der Waals surface area contributed by atoms with Gasteiger partial charge in [0.15, 0.2) is 5.69 Å². The van der Waals surface area contributed by atoms with Crippen LogP contribution in [0.15, 0.2) is 6.20 Å². The Kier molecular flexibility index (Phi) is 2.71. The Morgan fingerprint density at radius 2 is 2.67 bits per heavy atom. The minimum atomic E-state index is -0.501. The molecule has 62 valence electrons. The molecule has 1 amide bonds. The summed E-state index contributed by atoms with van der Waals surface area (Å²) in [4.78, 5) is 11.1. The average Bonchev–Trinajstić information content (AvgIpc) is 2.56. The molecule has 6 heteroatoms. The second-order valence-corrected chi connectivity index (χ2v) is 2.67. The lowest BCUT2D eigenvalue weighted by molar-refractivity contribution is 0.0944. The van der Waals surface area contributed by atoms with E-state index in [1.165, 1.54) is 6.20 Å². The lowest BCUT2D eigenvalue weighted by Crippen LogP contribution is -2.31. The molecule has 0 fully saturated rings. The predicted molar refractivity (Wildman–Crippen MR) is 42.5 cm³/mol. The SMILES string of the molecule is C[C@H](C#N)NC(=O)c1cnsn1. The van der Waals surface area contributed by atoms with Crippen LogP contribution in [-0.2, 0) is 0 Å². The van der Waals surface area contributed by atoms with Crippen molar-refractivity contribution in [2.45, 2.75) is 13.0 Å². The molecule has 0 aromatic carbocycles. The Bertz CT molecular complexity index is 302. The monoisotopic (exact) mass is 182 g/mol. The van der Waals surface area contributed by atoms with Crippen LogP contribution in [-0.4, -0.2) is 20.7 Å². The van der Waals surface area contributed by atoms with E-state index in [9.17, 15) is 4.79 Å². The van der Waals surface area contributed by atoms with E-state index >= 15 is 0 Å². The van der Waals surface area contributed by atoms with E-state index in [2.05, 4.69) is 14.1 Å². The lowest BCUT2D eigenvalue weighted by atomic mass is 10.3. The highest BCUT2D eigenvalue weighted by Crippen LogP contribution is 1.94. The number of nitrogens with one attached hydrogen (secondary N) is 1. The fourth-order valence-electron chi connectivity index (χ4n) is 0.568. The molecular weight excluding hydrogens is 176 g/mol. The molecule has 0 aliphatic carbocycles. The number of nitriles is 1. The summed E-state index contributed by atoms with van der Waals surface area (Å²) in [7, 11) is 0. The van der Waals surface area contributed by atoms with Crippen LogP contribution < -0.4 is 5.32 Å². The van der Waals surface area contributed by atoms with Gasteiger partial charge in [0, 0.05) is 0 Å². The van der Waals surface area contributed by atoms with Crippen molar-refractivity contribution >= 4 is 17.6 Å². The Morgan fingerprint density at radius 3 is 3.17 bits per heavy atom. The number of hydrogen-bond donors (Lipinski definition) is 1. The van der Waals surface area contributed by atoms with E-state index in [0.29, 0.717) is 0 Å². The van der Waals surface area contributed by atoms with Crippen molar-refractivity contribution in [3.8, 4) is 6.07 Å². The van der Waals surface area contributed by atoms with Crippen LogP contribution in [0.2, 0.25) is 0 Å². The van der Waals surface area contributed by atoms with Crippen LogP contribution in [0.25, 0.3) is 0 Å². The van der Waals surface area contributed by atoms with Crippen LogP contribution in [0.3, 0.4) is 0 Å². The van der Waals surface area contributed by atoms with Crippen molar-refractivity contribution in [2.75, 3.05) is 0 Å². The topological polar surface area (TPSA) is 78.7 Å². The second kappa shape index (κ2) is 3.78. The standard InChI is InChI=1S/C6H6N4OS/c1-4(2-7)9-6(11)5-3-8-12-10-5/h3-4H,1H3,(H,9,11)/t4-/m1/s1. The van der Waals surface area contributed by atoms with Crippen molar-refractivity contribution in [1.29, 1.82) is 5.26 Å². The van der Waals surface area contributed by atoms with Gasteiger partial charge in [-0.15, -0.1) is 0 Å². The van der Waals surface area contributed by atoms with Crippen molar-refractivity contribution in [3.63, 3.8) is 0 Å². The Balaban J connectivity index is 2.57. The lowest BCUT2D eigenvalue weighted by Gasteiger charge is -2.01. The molecule has 1 heterocycles. The largest absolute Gasteiger partial charge is 0.335 e. The maximum atomic E-state index is 11.1. The molecule has 0 bridgehead atoms. The fraction of sp³-hybridized carbons (Fsp3) is 0.333. The summed E-state index contributed by atoms with van der Waals surface area (Å²) < 4.78 is 7.38. The molecule has 1 atom stereocenters. The first-order valence-electron chi connectivity index (χ1n) is 3.22. The van der Waals surface area contributed by atoms with Gasteiger partial charge >= 0.3 is 0 Å². The van der Waals surface area contributed by atoms with Crippen molar-refractivity contribution in [2.24, 2.45) is 0 Å². The summed E-state index contributed by atoms with van der Waals surface area (Å²) in [5, 5.41) is 10.8. The molecule has 1 N–H and O–H groups in total. The van der Waals surface area contributed by atoms with Gasteiger partial charge in [-0.25, -0.2) is 0 Å². The Labute approximate surface area is 73.4 Å². The van der Waals surface area contributed by atoms with Crippen LogP contribution in [0.1, 0.15) is 17.4 Å². The van der Waals surface area contributed by atoms with Crippen LogP contribution in [0, 0.1) is 11.3 Å². The normalized spacial score (nSPS) is 11.7. The summed E-state index contributed by atoms with van der Waals surface area (Å²) >= 11 is 0.959. The smallest absolute Gasteiger partial charge is 0.273 e. The van der Waals surface area contributed by atoms with Crippen LogP contribution in [0.4, 0.5) is 0 Å². The molecule has 0 saturated carbocycles. The summed E-state index contributed by atoms with van der Waals surface area (Å²) in [5.41, 5.74) is 0.252. The third kappa shape index (κ3) is 2.00. The number of carbonyl (C=O) groups excluding carboxylic acids is 1. The van der Waals surface area contributed by atoms with Gasteiger partial charge in [0.05, 0.1) is 24.0 Å². The van der Waals surface area contributed by atoms with E-state index in [-0.39, 0.29) is 11.6 Å². The zero-order chi connectivity index (χ0) is 8.97. The van der Waals surface area contributed by atoms with Gasteiger partial charge in [-0.3, -0.25) is 4.79 Å². The molecule has 0 radical (unpaired) electrons. The molecular formula is C6H6N4OS. The van der Waals surface area contributed by atoms with Crippen LogP contribution >= 0.6 is 11.7 Å². The molecule has 0 saturated heterocycles. The molecule has 0 aliphatic rings. The molecule has 1 rings (SSSR count). The molecule has 0 spiro atoms. The highest BCUT2D eigenvalue weighted by molar-refractivity contribution is 6.99. The van der Waals surface area contributed by atoms with Crippen LogP contribution in [0.5, 0.6) is 0 Å². The zero-order valence-corrected chi connectivity index (χ0v) is 7.13. The molecule has 1 aromatic heterocycles. The second-order valence-electron chi connectivity index (χ2n) is 2.12. The van der Waals surface area contributed by atoms with Crippen molar-refractivity contribution in [1.82, 2.24) is 14.1 Å². The van der Waals surface area contributed by atoms with E-state index < -0.39 is 6.04 Å². The Hall–Kier alpha value is -1.48. The van der Waals surface area contributed by atoms with Gasteiger partial charge < -0.3 is 5.32 Å². The van der Waals surface area contributed by atoms with Crippen molar-refractivity contribution < 1.29 is 4.79 Å². The van der Waals surface area contributed by atoms with E-state index in [0.717, 1.165) is 11.7 Å². The van der Waals surface area contributed by atoms with Crippen molar-refractivity contribution in [3.05, 3.63) is 11.9 Å². The third-order valence-electron chi connectivity index (χ3n) is 1.14. The number of hydrogen-bond acceptors (Lipinski definition) is 5. The maximum absolute atomic E-state index is 11.1. The fourth-order valence-corrected chi connectivity index (χ4v) is 0.980. The van der Waals surface area contributed by atoms with Gasteiger partial charge in [-0.05, 0) is 6.92 Å². The summed E-state index contributed by atoms with van der Waals surface area (Å²) in [6.45, 7) is 1.59. The number of amides is 1. The van der Waals surface area contributed by atoms with Gasteiger partial charge in [-0.1, -0.05) is 0 Å². The van der Waals surface area contributed by atoms with E-state index in [4.69, 9.17) is 5.26 Å². The third-order valence-corrected chi connectivity index (χ3v) is 1.61. The molecule has 12 heavy (non-hydrogen) atoms. The summed E-state index contributed by atoms with van der Waals surface area (Å²) in [5.74, 6) is -0.363. The number of aromatic nitrogens is 2. The molecule has 1 aromatic rings. The minimum Gasteiger partial charge on any atom is -0.335 e. The maximum Gasteiger partial charge on any atom is 0.273 e. The quantitative estimate of drug-likeness (QED) is 0.707. The molecule has 5 nitrogen and oxygen atoms in total. The predicted octanol–water partition coefficient (Wildman–Crippen LogP) is 0.180. The molecule has 0 aliphatic heterocycles. The Morgan fingerprint density at radius 1 is 1.92 bits per heavy atom. The number of rotatable bonds is 2. The first-order valence-corrected chi connectivity index (χ1v) is 3.95. The van der Waals surface area contributed by atoms with E-state index in [1.807, 2.05) is 6.07 Å². The van der Waals surface area contributed by atoms with Gasteiger partial charge in [0.2, 0.25) is 0 Å².